The first-order chi connectivity index (χ1) is 11.5. The Kier molecular flexibility index (Phi) is 4.39. The number of carbonyl (C=O) groups is 2. The average Bonchev–Trinajstić information content (AvgIpc) is 3.20. The molecule has 3 N–H and O–H groups in total. The van der Waals surface area contributed by atoms with Crippen LogP contribution in [-0.4, -0.2) is 34.8 Å². The molecule has 2 heterocycles. The minimum absolute atomic E-state index is 0.0642. The summed E-state index contributed by atoms with van der Waals surface area (Å²) in [6, 6.07) is 8.36. The molecule has 1 aliphatic heterocycles. The van der Waals surface area contributed by atoms with Crippen LogP contribution in [0.4, 0.5) is 5.69 Å². The summed E-state index contributed by atoms with van der Waals surface area (Å²) in [5.74, 6) is -0.565. The van der Waals surface area contributed by atoms with Crippen LogP contribution in [0.5, 0.6) is 11.5 Å². The number of aliphatic hydroxyl groups is 1. The molecule has 0 radical (unpaired) electrons. The molecule has 1 aromatic carbocycles. The summed E-state index contributed by atoms with van der Waals surface area (Å²) < 4.78 is 12.1. The van der Waals surface area contributed by atoms with Gasteiger partial charge in [-0.1, -0.05) is 0 Å². The molecular weight excluding hydrogens is 314 g/mol. The number of rotatable bonds is 4. The zero-order valence-electron chi connectivity index (χ0n) is 13.0. The summed E-state index contributed by atoms with van der Waals surface area (Å²) in [5, 5.41) is 14.9. The highest BCUT2D eigenvalue weighted by atomic mass is 16.7. The lowest BCUT2D eigenvalue weighted by molar-refractivity contribution is -0.136. The molecule has 0 saturated heterocycles. The monoisotopic (exact) mass is 331 g/mol. The predicted octanol–water partition coefficient (Wildman–Crippen LogP) is 0.542. The van der Waals surface area contributed by atoms with Crippen molar-refractivity contribution in [3.63, 3.8) is 0 Å². The van der Waals surface area contributed by atoms with Gasteiger partial charge in [0.05, 0.1) is 0 Å². The second-order valence-corrected chi connectivity index (χ2v) is 5.29. The zero-order valence-corrected chi connectivity index (χ0v) is 13.0. The van der Waals surface area contributed by atoms with Gasteiger partial charge in [-0.15, -0.1) is 0 Å². The molecule has 8 heteroatoms. The quantitative estimate of drug-likeness (QED) is 0.710. The molecule has 0 spiro atoms. The summed E-state index contributed by atoms with van der Waals surface area (Å²) in [5.41, 5.74) is 1.06. The Morgan fingerprint density at radius 2 is 2.04 bits per heavy atom. The normalized spacial score (nSPS) is 13.4. The third-order valence-corrected chi connectivity index (χ3v) is 3.62. The number of amides is 2. The van der Waals surface area contributed by atoms with Gasteiger partial charge in [-0.3, -0.25) is 9.59 Å². The number of nitrogens with zero attached hydrogens (tertiary/aromatic N) is 1. The number of nitrogens with one attached hydrogen (secondary N) is 2. The van der Waals surface area contributed by atoms with E-state index in [1.165, 1.54) is 0 Å². The Hall–Kier alpha value is -3.00. The van der Waals surface area contributed by atoms with E-state index in [0.717, 1.165) is 0 Å². The average molecular weight is 331 g/mol. The molecular formula is C16H17N3O5. The van der Waals surface area contributed by atoms with Crippen molar-refractivity contribution in [3.05, 3.63) is 42.2 Å². The minimum atomic E-state index is -0.896. The molecule has 24 heavy (non-hydrogen) atoms. The topological polar surface area (TPSA) is 102 Å². The third kappa shape index (κ3) is 3.33. The number of fused-ring (bicyclic) bond motifs is 1. The number of aryl methyl sites for hydroxylation is 1. The van der Waals surface area contributed by atoms with Gasteiger partial charge in [0.15, 0.2) is 11.5 Å². The SMILES string of the molecule is Cn1cccc1C(O)CNC(=O)C(=O)Nc1ccc2c(c1)OCO2. The maximum atomic E-state index is 11.9. The van der Waals surface area contributed by atoms with Gasteiger partial charge in [0.2, 0.25) is 6.79 Å². The molecule has 8 nitrogen and oxygen atoms in total. The molecule has 0 saturated carbocycles. The summed E-state index contributed by atoms with van der Waals surface area (Å²) in [6.45, 7) is 0.0650. The van der Waals surface area contributed by atoms with Crippen molar-refractivity contribution in [2.24, 2.45) is 7.05 Å². The highest BCUT2D eigenvalue weighted by Crippen LogP contribution is 2.34. The van der Waals surface area contributed by atoms with Gasteiger partial charge in [-0.25, -0.2) is 0 Å². The Morgan fingerprint density at radius 3 is 2.79 bits per heavy atom. The molecule has 1 unspecified atom stereocenters. The Balaban J connectivity index is 1.53. The van der Waals surface area contributed by atoms with E-state index in [0.29, 0.717) is 22.9 Å². The van der Waals surface area contributed by atoms with Crippen molar-refractivity contribution in [1.82, 2.24) is 9.88 Å². The van der Waals surface area contributed by atoms with Crippen molar-refractivity contribution < 1.29 is 24.2 Å². The van der Waals surface area contributed by atoms with Crippen LogP contribution in [0.1, 0.15) is 11.8 Å². The molecule has 1 atom stereocenters. The number of carbonyl (C=O) groups excluding carboxylic acids is 2. The Labute approximate surface area is 138 Å². The first-order valence-electron chi connectivity index (χ1n) is 7.32. The van der Waals surface area contributed by atoms with Crippen LogP contribution in [0.25, 0.3) is 0 Å². The van der Waals surface area contributed by atoms with E-state index in [-0.39, 0.29) is 13.3 Å². The molecule has 3 rings (SSSR count). The Bertz CT molecular complexity index is 771. The van der Waals surface area contributed by atoms with Crippen molar-refractivity contribution in [1.29, 1.82) is 0 Å². The smallest absolute Gasteiger partial charge is 0.313 e. The van der Waals surface area contributed by atoms with Crippen LogP contribution in [0.2, 0.25) is 0 Å². The number of hydrogen-bond acceptors (Lipinski definition) is 5. The lowest BCUT2D eigenvalue weighted by Gasteiger charge is -2.13. The molecule has 1 aromatic heterocycles. The van der Waals surface area contributed by atoms with Crippen LogP contribution in [-0.2, 0) is 16.6 Å². The summed E-state index contributed by atoms with van der Waals surface area (Å²) in [7, 11) is 1.78. The predicted molar refractivity (Wildman–Crippen MR) is 84.6 cm³/mol. The Morgan fingerprint density at radius 1 is 1.25 bits per heavy atom. The summed E-state index contributed by atoms with van der Waals surface area (Å²) in [6.07, 6.45) is 0.888. The molecule has 1 aliphatic rings. The van der Waals surface area contributed by atoms with E-state index in [1.54, 1.807) is 48.1 Å². The van der Waals surface area contributed by atoms with Crippen LogP contribution in [0.3, 0.4) is 0 Å². The lowest BCUT2D eigenvalue weighted by atomic mass is 10.2. The molecule has 2 aromatic rings. The highest BCUT2D eigenvalue weighted by Gasteiger charge is 2.19. The van der Waals surface area contributed by atoms with Crippen molar-refractivity contribution >= 4 is 17.5 Å². The summed E-state index contributed by atoms with van der Waals surface area (Å²) >= 11 is 0. The van der Waals surface area contributed by atoms with Crippen LogP contribution in [0.15, 0.2) is 36.5 Å². The van der Waals surface area contributed by atoms with Crippen LogP contribution < -0.4 is 20.1 Å². The minimum Gasteiger partial charge on any atom is -0.454 e. The van der Waals surface area contributed by atoms with E-state index < -0.39 is 17.9 Å². The van der Waals surface area contributed by atoms with E-state index in [2.05, 4.69) is 10.6 Å². The van der Waals surface area contributed by atoms with E-state index in [4.69, 9.17) is 9.47 Å². The largest absolute Gasteiger partial charge is 0.454 e. The second kappa shape index (κ2) is 6.63. The standard InChI is InChI=1S/C16H17N3O5/c1-19-6-2-3-11(19)12(20)8-17-15(21)16(22)18-10-4-5-13-14(7-10)24-9-23-13/h2-7,12,20H,8-9H2,1H3,(H,17,21)(H,18,22). The summed E-state index contributed by atoms with van der Waals surface area (Å²) in [4.78, 5) is 23.7. The fourth-order valence-electron chi connectivity index (χ4n) is 2.36. The van der Waals surface area contributed by atoms with Crippen molar-refractivity contribution in [2.45, 2.75) is 6.10 Å². The van der Waals surface area contributed by atoms with E-state index in [1.807, 2.05) is 0 Å². The number of ether oxygens (including phenoxy) is 2. The van der Waals surface area contributed by atoms with Gasteiger partial charge in [0.1, 0.15) is 6.10 Å². The molecule has 2 amide bonds. The van der Waals surface area contributed by atoms with Crippen LogP contribution in [0, 0.1) is 0 Å². The molecule has 0 aliphatic carbocycles. The number of anilines is 1. The first-order valence-corrected chi connectivity index (χ1v) is 7.32. The van der Waals surface area contributed by atoms with Gasteiger partial charge in [0.25, 0.3) is 0 Å². The van der Waals surface area contributed by atoms with Gasteiger partial charge in [-0.2, -0.15) is 0 Å². The maximum absolute atomic E-state index is 11.9. The molecule has 0 bridgehead atoms. The van der Waals surface area contributed by atoms with Gasteiger partial charge in [-0.05, 0) is 24.3 Å². The van der Waals surface area contributed by atoms with Crippen molar-refractivity contribution in [2.75, 3.05) is 18.7 Å². The fraction of sp³-hybridized carbons (Fsp3) is 0.250. The van der Waals surface area contributed by atoms with Gasteiger partial charge >= 0.3 is 11.8 Å². The van der Waals surface area contributed by atoms with Crippen molar-refractivity contribution in [3.8, 4) is 11.5 Å². The molecule has 126 valence electrons. The number of hydrogen-bond donors (Lipinski definition) is 3. The number of aliphatic hydroxyl groups excluding tert-OH is 1. The van der Waals surface area contributed by atoms with Gasteiger partial charge in [0, 0.05) is 37.2 Å². The maximum Gasteiger partial charge on any atom is 0.313 e. The first kappa shape index (κ1) is 15.9. The molecule has 0 fully saturated rings. The number of benzene rings is 1. The third-order valence-electron chi connectivity index (χ3n) is 3.62. The van der Waals surface area contributed by atoms with E-state index in [9.17, 15) is 14.7 Å². The van der Waals surface area contributed by atoms with Crippen LogP contribution >= 0.6 is 0 Å². The van der Waals surface area contributed by atoms with Gasteiger partial charge < -0.3 is 29.8 Å². The second-order valence-electron chi connectivity index (χ2n) is 5.29. The highest BCUT2D eigenvalue weighted by molar-refractivity contribution is 6.39. The van der Waals surface area contributed by atoms with E-state index >= 15 is 0 Å². The lowest BCUT2D eigenvalue weighted by Crippen LogP contribution is -2.37. The fourth-order valence-corrected chi connectivity index (χ4v) is 2.36. The number of aromatic nitrogens is 1. The zero-order chi connectivity index (χ0) is 17.1.